The Hall–Kier alpha value is -1.30. The van der Waals surface area contributed by atoms with Crippen molar-refractivity contribution in [2.24, 2.45) is 0 Å². The van der Waals surface area contributed by atoms with Gasteiger partial charge in [-0.15, -0.1) is 0 Å². The van der Waals surface area contributed by atoms with Crippen LogP contribution >= 0.6 is 0 Å². The zero-order valence-electron chi connectivity index (χ0n) is 5.58. The van der Waals surface area contributed by atoms with Crippen molar-refractivity contribution in [1.82, 2.24) is 0 Å². The third kappa shape index (κ3) is 2.90. The van der Waals surface area contributed by atoms with Gasteiger partial charge < -0.3 is 0 Å². The molecule has 0 spiro atoms. The highest BCUT2D eigenvalue weighted by Gasteiger charge is 2.51. The van der Waals surface area contributed by atoms with Crippen LogP contribution in [0.3, 0.4) is 0 Å². The number of carbonyl (C=O) groups is 1. The van der Waals surface area contributed by atoms with Crippen LogP contribution in [0.5, 0.6) is 0 Å². The SMILES string of the molecule is O=C=C(C(=O)C(F)(F)F)C(F)(F)F. The van der Waals surface area contributed by atoms with E-state index in [0.717, 1.165) is 0 Å². The molecule has 0 atom stereocenters. The van der Waals surface area contributed by atoms with Gasteiger partial charge >= 0.3 is 12.4 Å². The normalized spacial score (nSPS) is 12.2. The van der Waals surface area contributed by atoms with Gasteiger partial charge in [0.05, 0.1) is 0 Å². The summed E-state index contributed by atoms with van der Waals surface area (Å²) in [6.45, 7) is 0. The van der Waals surface area contributed by atoms with Crippen molar-refractivity contribution in [2.45, 2.75) is 12.4 Å². The molecule has 0 N–H and O–H groups in total. The maximum Gasteiger partial charge on any atom is 0.455 e. The molecular formula is C5F6O2. The van der Waals surface area contributed by atoms with E-state index in [4.69, 9.17) is 0 Å². The van der Waals surface area contributed by atoms with Gasteiger partial charge in [0.2, 0.25) is 0 Å². The molecule has 13 heavy (non-hydrogen) atoms. The molecule has 0 aliphatic rings. The van der Waals surface area contributed by atoms with Crippen molar-refractivity contribution in [3.05, 3.63) is 5.57 Å². The molecule has 0 aliphatic carbocycles. The quantitative estimate of drug-likeness (QED) is 0.369. The minimum atomic E-state index is -5.72. The molecule has 0 amide bonds. The molecule has 0 heterocycles. The number of allylic oxidation sites excluding steroid dienone is 1. The third-order valence-corrected chi connectivity index (χ3v) is 0.870. The standard InChI is InChI=1S/C5F6O2/c6-4(7,8)2(1-12)3(13)5(9,10)11. The van der Waals surface area contributed by atoms with Gasteiger partial charge in [-0.25, -0.2) is 4.79 Å². The van der Waals surface area contributed by atoms with E-state index < -0.39 is 23.7 Å². The largest absolute Gasteiger partial charge is 0.455 e. The molecule has 0 fully saturated rings. The van der Waals surface area contributed by atoms with Gasteiger partial charge in [-0.2, -0.15) is 26.3 Å². The lowest BCUT2D eigenvalue weighted by Crippen LogP contribution is -2.32. The molecule has 74 valence electrons. The summed E-state index contributed by atoms with van der Waals surface area (Å²) in [4.78, 5) is 19.3. The molecule has 0 saturated heterocycles. The van der Waals surface area contributed by atoms with Crippen molar-refractivity contribution >= 4 is 11.7 Å². The molecule has 0 unspecified atom stereocenters. The zero-order valence-corrected chi connectivity index (χ0v) is 5.58. The molecule has 0 rings (SSSR count). The number of hydrogen-bond donors (Lipinski definition) is 0. The number of halogens is 6. The Balaban J connectivity index is 5.09. The van der Waals surface area contributed by atoms with Gasteiger partial charge in [-0.1, -0.05) is 0 Å². The monoisotopic (exact) mass is 206 g/mol. The number of hydrogen-bond acceptors (Lipinski definition) is 2. The molecular weight excluding hydrogens is 206 g/mol. The number of alkyl halides is 6. The molecule has 0 aromatic rings. The van der Waals surface area contributed by atoms with Gasteiger partial charge in [0, 0.05) is 0 Å². The summed E-state index contributed by atoms with van der Waals surface area (Å²) in [5, 5.41) is 0. The van der Waals surface area contributed by atoms with Gasteiger partial charge in [-0.05, 0) is 0 Å². The fourth-order valence-electron chi connectivity index (χ4n) is 0.375. The van der Waals surface area contributed by atoms with Crippen LogP contribution in [0.15, 0.2) is 5.57 Å². The van der Waals surface area contributed by atoms with Crippen LogP contribution in [0.2, 0.25) is 0 Å². The molecule has 0 aromatic heterocycles. The first-order valence-corrected chi connectivity index (χ1v) is 2.54. The molecule has 8 heteroatoms. The van der Waals surface area contributed by atoms with E-state index >= 15 is 0 Å². The van der Waals surface area contributed by atoms with Crippen molar-refractivity contribution in [2.75, 3.05) is 0 Å². The van der Waals surface area contributed by atoms with E-state index in [1.807, 2.05) is 0 Å². The van der Waals surface area contributed by atoms with Gasteiger partial charge in [0.15, 0.2) is 5.57 Å². The smallest absolute Gasteiger partial charge is 0.283 e. The highest BCUT2D eigenvalue weighted by molar-refractivity contribution is 6.06. The second-order valence-corrected chi connectivity index (χ2v) is 1.80. The predicted octanol–water partition coefficient (Wildman–Crippen LogP) is 1.44. The Morgan fingerprint density at radius 2 is 1.31 bits per heavy atom. The van der Waals surface area contributed by atoms with E-state index in [1.54, 1.807) is 0 Å². The molecule has 2 nitrogen and oxygen atoms in total. The zero-order chi connectivity index (χ0) is 10.9. The summed E-state index contributed by atoms with van der Waals surface area (Å²) in [5.41, 5.74) is -2.88. The van der Waals surface area contributed by atoms with Crippen LogP contribution in [0, 0.1) is 0 Å². The maximum atomic E-state index is 11.5. The van der Waals surface area contributed by atoms with Crippen LogP contribution in [-0.4, -0.2) is 24.1 Å². The fraction of sp³-hybridized carbons (Fsp3) is 0.400. The number of ketones is 1. The first kappa shape index (κ1) is 11.7. The minimum absolute atomic E-state index is 0.0796. The topological polar surface area (TPSA) is 34.1 Å². The summed E-state index contributed by atoms with van der Waals surface area (Å²) in [6, 6.07) is 0. The van der Waals surface area contributed by atoms with Crippen LogP contribution < -0.4 is 0 Å². The van der Waals surface area contributed by atoms with Gasteiger partial charge in [0.1, 0.15) is 5.94 Å². The van der Waals surface area contributed by atoms with Crippen molar-refractivity contribution in [1.29, 1.82) is 0 Å². The van der Waals surface area contributed by atoms with Crippen molar-refractivity contribution < 1.29 is 35.9 Å². The first-order chi connectivity index (χ1) is 5.60. The minimum Gasteiger partial charge on any atom is -0.283 e. The van der Waals surface area contributed by atoms with E-state index in [0.29, 0.717) is 0 Å². The molecule has 0 aliphatic heterocycles. The highest BCUT2D eigenvalue weighted by Crippen LogP contribution is 2.30. The second kappa shape index (κ2) is 3.21. The Labute approximate surface area is 66.8 Å². The lowest BCUT2D eigenvalue weighted by Gasteiger charge is -2.08. The lowest BCUT2D eigenvalue weighted by molar-refractivity contribution is -0.174. The number of carbonyl (C=O) groups excluding carboxylic acids is 2. The van der Waals surface area contributed by atoms with Crippen LogP contribution in [0.4, 0.5) is 26.3 Å². The summed E-state index contributed by atoms with van der Waals surface area (Å²) >= 11 is 0. The van der Waals surface area contributed by atoms with Gasteiger partial charge in [0.25, 0.3) is 5.78 Å². The summed E-state index contributed by atoms with van der Waals surface area (Å²) < 4.78 is 68.5. The van der Waals surface area contributed by atoms with Crippen LogP contribution in [0.1, 0.15) is 0 Å². The Morgan fingerprint density at radius 1 is 0.923 bits per heavy atom. The molecule has 0 aromatic carbocycles. The summed E-state index contributed by atoms with van der Waals surface area (Å²) in [5.74, 6) is -3.32. The summed E-state index contributed by atoms with van der Waals surface area (Å²) in [6.07, 6.45) is -11.4. The van der Waals surface area contributed by atoms with E-state index in [-0.39, 0.29) is 5.94 Å². The third-order valence-electron chi connectivity index (χ3n) is 0.870. The summed E-state index contributed by atoms with van der Waals surface area (Å²) in [7, 11) is 0. The number of Topliss-reactive ketones (excluding diaryl/α,β-unsaturated/α-hetero) is 1. The van der Waals surface area contributed by atoms with E-state index in [1.165, 1.54) is 0 Å². The van der Waals surface area contributed by atoms with Crippen LogP contribution in [-0.2, 0) is 9.59 Å². The molecule has 0 saturated carbocycles. The molecule has 0 radical (unpaired) electrons. The molecule has 0 bridgehead atoms. The predicted molar refractivity (Wildman–Crippen MR) is 26.3 cm³/mol. The average Bonchev–Trinajstić information content (AvgIpc) is 1.83. The highest BCUT2D eigenvalue weighted by atomic mass is 19.4. The second-order valence-electron chi connectivity index (χ2n) is 1.80. The number of rotatable bonds is 1. The Bertz CT molecular complexity index is 266. The van der Waals surface area contributed by atoms with E-state index in [2.05, 4.69) is 0 Å². The fourth-order valence-corrected chi connectivity index (χ4v) is 0.375. The Morgan fingerprint density at radius 3 is 1.38 bits per heavy atom. The van der Waals surface area contributed by atoms with Gasteiger partial charge in [-0.3, -0.25) is 4.79 Å². The van der Waals surface area contributed by atoms with E-state index in [9.17, 15) is 35.9 Å². The average molecular weight is 206 g/mol. The van der Waals surface area contributed by atoms with Crippen LogP contribution in [0.25, 0.3) is 0 Å². The first-order valence-electron chi connectivity index (χ1n) is 2.54. The maximum absolute atomic E-state index is 11.5. The lowest BCUT2D eigenvalue weighted by atomic mass is 10.2. The Kier molecular flexibility index (Phi) is 2.89. The van der Waals surface area contributed by atoms with Crippen molar-refractivity contribution in [3.8, 4) is 0 Å². The van der Waals surface area contributed by atoms with Crippen molar-refractivity contribution in [3.63, 3.8) is 0 Å².